The van der Waals surface area contributed by atoms with Crippen LogP contribution in [0.4, 0.5) is 0 Å². The molecule has 0 aliphatic carbocycles. The third-order valence-electron chi connectivity index (χ3n) is 5.33. The zero-order valence-electron chi connectivity index (χ0n) is 18.2. The lowest BCUT2D eigenvalue weighted by atomic mass is 10.9. The molecule has 0 amide bonds. The first-order valence-electron chi connectivity index (χ1n) is 10.1. The van der Waals surface area contributed by atoms with Crippen LogP contribution in [0, 0.1) is 0 Å². The van der Waals surface area contributed by atoms with Gasteiger partial charge in [0.25, 0.3) is 0 Å². The van der Waals surface area contributed by atoms with E-state index in [1.165, 1.54) is 0 Å². The third-order valence-corrected chi connectivity index (χ3v) is 20.3. The van der Waals surface area contributed by atoms with Crippen LogP contribution in [0.3, 0.4) is 0 Å². The lowest BCUT2D eigenvalue weighted by Crippen LogP contribution is -2.42. The predicted octanol–water partition coefficient (Wildman–Crippen LogP) is 2.05. The molecule has 0 aromatic rings. The Morgan fingerprint density at radius 2 is 0.545 bits per heavy atom. The Morgan fingerprint density at radius 1 is 0.364 bits per heavy atom. The SMILES string of the molecule is O=S(=O)(CCCl)CC[Si](CCS(=O)(=O)CCCl)(CCS(=O)(=O)CCCl)CCS(=O)(=O)CCCl. The fraction of sp³-hybridized carbons (Fsp3) is 1.00. The first-order chi connectivity index (χ1) is 15.1. The van der Waals surface area contributed by atoms with Crippen molar-refractivity contribution >= 4 is 93.8 Å². The van der Waals surface area contributed by atoms with Crippen molar-refractivity contribution in [1.82, 2.24) is 0 Å². The minimum absolute atomic E-state index is 0.0371. The van der Waals surface area contributed by atoms with E-state index in [0.717, 1.165) is 0 Å². The van der Waals surface area contributed by atoms with Gasteiger partial charge in [-0.3, -0.25) is 0 Å². The fourth-order valence-corrected chi connectivity index (χ4v) is 21.1. The van der Waals surface area contributed by atoms with E-state index >= 15 is 0 Å². The molecule has 0 saturated carbocycles. The summed E-state index contributed by atoms with van der Waals surface area (Å²) >= 11 is 22.2. The summed E-state index contributed by atoms with van der Waals surface area (Å²) in [5, 5.41) is 0. The van der Waals surface area contributed by atoms with Crippen molar-refractivity contribution in [3.8, 4) is 0 Å². The molecule has 0 bridgehead atoms. The maximum atomic E-state index is 12.3. The molecule has 0 aromatic heterocycles. The molecule has 200 valence electrons. The van der Waals surface area contributed by atoms with Gasteiger partial charge in [-0.1, -0.05) is 0 Å². The van der Waals surface area contributed by atoms with Crippen LogP contribution in [0.15, 0.2) is 0 Å². The van der Waals surface area contributed by atoms with Gasteiger partial charge in [0.15, 0.2) is 39.3 Å². The Morgan fingerprint density at radius 3 is 0.697 bits per heavy atom. The van der Waals surface area contributed by atoms with Gasteiger partial charge in [-0.2, -0.15) is 0 Å². The lowest BCUT2D eigenvalue weighted by Gasteiger charge is -2.32. The summed E-state index contributed by atoms with van der Waals surface area (Å²) in [5.41, 5.74) is 0. The van der Waals surface area contributed by atoms with E-state index in [4.69, 9.17) is 46.4 Å². The minimum atomic E-state index is -3.57. The monoisotopic (exact) mass is 648 g/mol. The van der Waals surface area contributed by atoms with Crippen molar-refractivity contribution in [3.63, 3.8) is 0 Å². The first kappa shape index (κ1) is 34.2. The molecule has 0 heterocycles. The fourth-order valence-electron chi connectivity index (χ4n) is 3.12. The van der Waals surface area contributed by atoms with Gasteiger partial charge in [0, 0.05) is 46.5 Å². The van der Waals surface area contributed by atoms with Crippen LogP contribution in [0.5, 0.6) is 0 Å². The highest BCUT2D eigenvalue weighted by atomic mass is 35.5. The van der Waals surface area contributed by atoms with Gasteiger partial charge in [-0.25, -0.2) is 33.7 Å². The molecular weight excluding hydrogens is 618 g/mol. The van der Waals surface area contributed by atoms with E-state index in [0.29, 0.717) is 0 Å². The molecule has 17 heteroatoms. The molecule has 0 saturated heterocycles. The molecule has 0 radical (unpaired) electrons. The Hall–Kier alpha value is 1.18. The summed E-state index contributed by atoms with van der Waals surface area (Å²) < 4.78 is 98.6. The van der Waals surface area contributed by atoms with Crippen molar-refractivity contribution in [2.24, 2.45) is 0 Å². The van der Waals surface area contributed by atoms with Gasteiger partial charge in [0.2, 0.25) is 0 Å². The molecule has 0 N–H and O–H groups in total. The number of hydrogen-bond donors (Lipinski definition) is 0. The normalized spacial score (nSPS) is 13.9. The van der Waals surface area contributed by atoms with E-state index in [9.17, 15) is 33.7 Å². The largest absolute Gasteiger partial charge is 0.229 e. The van der Waals surface area contributed by atoms with Crippen LogP contribution < -0.4 is 0 Å². The van der Waals surface area contributed by atoms with Gasteiger partial charge in [-0.05, 0) is 24.2 Å². The van der Waals surface area contributed by atoms with E-state index in [2.05, 4.69) is 0 Å². The molecule has 8 nitrogen and oxygen atoms in total. The average molecular weight is 651 g/mol. The van der Waals surface area contributed by atoms with Crippen LogP contribution in [0.2, 0.25) is 24.2 Å². The van der Waals surface area contributed by atoms with Crippen LogP contribution in [0.1, 0.15) is 0 Å². The van der Waals surface area contributed by atoms with Gasteiger partial charge >= 0.3 is 0 Å². The average Bonchev–Trinajstić information content (AvgIpc) is 2.67. The van der Waals surface area contributed by atoms with Crippen LogP contribution in [-0.4, -0.2) is 111 Å². The zero-order valence-corrected chi connectivity index (χ0v) is 25.5. The van der Waals surface area contributed by atoms with Crippen molar-refractivity contribution in [2.45, 2.75) is 24.2 Å². The smallest absolute Gasteiger partial charge is 0.151 e. The highest BCUT2D eigenvalue weighted by molar-refractivity contribution is 7.92. The standard InChI is InChI=1S/C16H32Cl4O8S4Si/c17-1-5-29(21,22)9-13-33(14-10-30(23,24)6-2-18,15-11-31(25,26)7-3-19)16-12-32(27,28)8-4-20/h1-16H2. The number of alkyl halides is 4. The predicted molar refractivity (Wildman–Crippen MR) is 142 cm³/mol. The van der Waals surface area contributed by atoms with Crippen molar-refractivity contribution in [3.05, 3.63) is 0 Å². The number of rotatable bonds is 20. The van der Waals surface area contributed by atoms with Crippen LogP contribution in [-0.2, 0) is 39.3 Å². The first-order valence-corrected chi connectivity index (χ1v) is 22.4. The van der Waals surface area contributed by atoms with E-state index in [1.807, 2.05) is 0 Å². The Labute approximate surface area is 219 Å². The lowest BCUT2D eigenvalue weighted by molar-refractivity contribution is 0.597. The summed E-state index contributed by atoms with van der Waals surface area (Å²) in [6.07, 6.45) is 0. The number of hydrogen-bond acceptors (Lipinski definition) is 8. The maximum absolute atomic E-state index is 12.3. The molecule has 0 aliphatic rings. The molecule has 0 fully saturated rings. The van der Waals surface area contributed by atoms with Gasteiger partial charge in [0.1, 0.15) is 0 Å². The molecule has 0 atom stereocenters. The quantitative estimate of drug-likeness (QED) is 0.144. The topological polar surface area (TPSA) is 137 Å². The number of halogens is 4. The number of sulfone groups is 4. The van der Waals surface area contributed by atoms with E-state index in [1.54, 1.807) is 0 Å². The second-order valence-electron chi connectivity index (χ2n) is 7.86. The molecule has 0 unspecified atom stereocenters. The molecule has 0 spiro atoms. The summed E-state index contributed by atoms with van der Waals surface area (Å²) in [6, 6.07) is 0.148. The third kappa shape index (κ3) is 15.8. The highest BCUT2D eigenvalue weighted by Gasteiger charge is 2.37. The van der Waals surface area contributed by atoms with Gasteiger partial charge < -0.3 is 0 Å². The summed E-state index contributed by atoms with van der Waals surface area (Å²) in [5.74, 6) is -2.83. The van der Waals surface area contributed by atoms with Crippen LogP contribution >= 0.6 is 46.4 Å². The summed E-state index contributed by atoms with van der Waals surface area (Å²) in [7, 11) is -17.3. The van der Waals surface area contributed by atoms with Gasteiger partial charge in [-0.15, -0.1) is 46.4 Å². The molecule has 0 rings (SSSR count). The molecule has 33 heavy (non-hydrogen) atoms. The molecular formula is C16H32Cl4O8S4Si. The Kier molecular flexibility index (Phi) is 16.0. The van der Waals surface area contributed by atoms with Crippen LogP contribution in [0.25, 0.3) is 0 Å². The second kappa shape index (κ2) is 15.4. The minimum Gasteiger partial charge on any atom is -0.229 e. The Bertz CT molecular complexity index is 834. The zero-order chi connectivity index (χ0) is 25.8. The summed E-state index contributed by atoms with van der Waals surface area (Å²) in [6.45, 7) is 0. The maximum Gasteiger partial charge on any atom is 0.151 e. The Balaban J connectivity index is 6.10. The van der Waals surface area contributed by atoms with E-state index in [-0.39, 0.29) is 93.7 Å². The second-order valence-corrected chi connectivity index (χ2v) is 23.6. The van der Waals surface area contributed by atoms with Crippen molar-refractivity contribution in [1.29, 1.82) is 0 Å². The van der Waals surface area contributed by atoms with E-state index < -0.39 is 47.4 Å². The van der Waals surface area contributed by atoms with Crippen molar-refractivity contribution < 1.29 is 33.7 Å². The molecule has 0 aliphatic heterocycles. The summed E-state index contributed by atoms with van der Waals surface area (Å²) in [4.78, 5) is 0. The highest BCUT2D eigenvalue weighted by Crippen LogP contribution is 2.30. The van der Waals surface area contributed by atoms with Gasteiger partial charge in [0.05, 0.1) is 31.1 Å². The molecule has 0 aromatic carbocycles. The van der Waals surface area contributed by atoms with Crippen molar-refractivity contribution in [2.75, 3.05) is 69.5 Å².